The van der Waals surface area contributed by atoms with Crippen molar-refractivity contribution in [3.8, 4) is 0 Å². The van der Waals surface area contributed by atoms with Gasteiger partial charge in [-0.25, -0.2) is 4.98 Å². The van der Waals surface area contributed by atoms with Crippen LogP contribution in [0.1, 0.15) is 35.9 Å². The molecule has 0 atom stereocenters. The van der Waals surface area contributed by atoms with Crippen LogP contribution in [0, 0.1) is 0 Å². The number of aromatic nitrogens is 3. The van der Waals surface area contributed by atoms with Gasteiger partial charge >= 0.3 is 0 Å². The molecule has 1 amide bonds. The van der Waals surface area contributed by atoms with Crippen molar-refractivity contribution >= 4 is 33.9 Å². The molecule has 0 spiro atoms. The lowest BCUT2D eigenvalue weighted by molar-refractivity contribution is -0.116. The van der Waals surface area contributed by atoms with Gasteiger partial charge in [0.25, 0.3) is 0 Å². The Kier molecular flexibility index (Phi) is 3.33. The number of hydrogen-bond donors (Lipinski definition) is 1. The molecule has 2 aromatic heterocycles. The monoisotopic (exact) mass is 280 g/mol. The van der Waals surface area contributed by atoms with E-state index in [0.717, 1.165) is 17.1 Å². The van der Waals surface area contributed by atoms with E-state index in [4.69, 9.17) is 0 Å². The third kappa shape index (κ3) is 2.91. The highest BCUT2D eigenvalue weighted by Crippen LogP contribution is 2.39. The van der Waals surface area contributed by atoms with Gasteiger partial charge < -0.3 is 5.32 Å². The zero-order valence-electron chi connectivity index (χ0n) is 9.63. The summed E-state index contributed by atoms with van der Waals surface area (Å²) in [6.45, 7) is 0. The molecule has 1 fully saturated rings. The minimum Gasteiger partial charge on any atom is -0.301 e. The maximum Gasteiger partial charge on any atom is 0.226 e. The molecule has 2 aromatic rings. The Labute approximate surface area is 112 Å². The minimum absolute atomic E-state index is 0.0121. The van der Waals surface area contributed by atoms with Gasteiger partial charge in [0.05, 0.1) is 5.51 Å². The lowest BCUT2D eigenvalue weighted by Crippen LogP contribution is -2.11. The summed E-state index contributed by atoms with van der Waals surface area (Å²) >= 11 is 2.84. The Morgan fingerprint density at radius 1 is 1.50 bits per heavy atom. The SMILES string of the molecule is O=C(CCc1cncs1)Nc1nc(C2CC2)ns1. The zero-order valence-corrected chi connectivity index (χ0v) is 11.3. The summed E-state index contributed by atoms with van der Waals surface area (Å²) in [5, 5.41) is 3.41. The quantitative estimate of drug-likeness (QED) is 0.913. The van der Waals surface area contributed by atoms with Crippen molar-refractivity contribution < 1.29 is 4.79 Å². The average molecular weight is 280 g/mol. The van der Waals surface area contributed by atoms with Crippen molar-refractivity contribution in [2.24, 2.45) is 0 Å². The van der Waals surface area contributed by atoms with E-state index < -0.39 is 0 Å². The summed E-state index contributed by atoms with van der Waals surface area (Å²) in [6, 6.07) is 0. The highest BCUT2D eigenvalue weighted by atomic mass is 32.1. The first-order valence-corrected chi connectivity index (χ1v) is 7.47. The van der Waals surface area contributed by atoms with Crippen molar-refractivity contribution in [3.05, 3.63) is 22.4 Å². The van der Waals surface area contributed by atoms with Crippen LogP contribution in [0.4, 0.5) is 5.13 Å². The number of nitrogens with zero attached hydrogens (tertiary/aromatic N) is 3. The Morgan fingerprint density at radius 3 is 3.11 bits per heavy atom. The van der Waals surface area contributed by atoms with Crippen LogP contribution >= 0.6 is 22.9 Å². The molecule has 18 heavy (non-hydrogen) atoms. The lowest BCUT2D eigenvalue weighted by Gasteiger charge is -1.99. The normalized spacial score (nSPS) is 14.7. The van der Waals surface area contributed by atoms with Gasteiger partial charge in [-0.1, -0.05) is 0 Å². The van der Waals surface area contributed by atoms with E-state index in [0.29, 0.717) is 17.5 Å². The first-order chi connectivity index (χ1) is 8.81. The number of rotatable bonds is 5. The van der Waals surface area contributed by atoms with Crippen LogP contribution in [0.15, 0.2) is 11.7 Å². The molecule has 7 heteroatoms. The lowest BCUT2D eigenvalue weighted by atomic mass is 10.3. The molecule has 0 radical (unpaired) electrons. The first-order valence-electron chi connectivity index (χ1n) is 5.82. The Morgan fingerprint density at radius 2 is 2.39 bits per heavy atom. The molecular weight excluding hydrogens is 268 g/mol. The number of amides is 1. The van der Waals surface area contributed by atoms with Gasteiger partial charge in [0, 0.05) is 34.9 Å². The van der Waals surface area contributed by atoms with Crippen LogP contribution in [0.3, 0.4) is 0 Å². The van der Waals surface area contributed by atoms with Crippen molar-refractivity contribution in [1.29, 1.82) is 0 Å². The van der Waals surface area contributed by atoms with Crippen molar-refractivity contribution in [1.82, 2.24) is 14.3 Å². The molecule has 0 aliphatic heterocycles. The molecule has 2 heterocycles. The Bertz CT molecular complexity index is 533. The summed E-state index contributed by atoms with van der Waals surface area (Å²) in [5.74, 6) is 1.41. The molecule has 0 saturated heterocycles. The second kappa shape index (κ2) is 5.11. The van der Waals surface area contributed by atoms with Gasteiger partial charge in [-0.05, 0) is 19.3 Å². The van der Waals surface area contributed by atoms with Crippen LogP contribution in [0.2, 0.25) is 0 Å². The summed E-state index contributed by atoms with van der Waals surface area (Å²) in [7, 11) is 0. The molecule has 5 nitrogen and oxygen atoms in total. The van der Waals surface area contributed by atoms with Crippen molar-refractivity contribution in [2.75, 3.05) is 5.32 Å². The topological polar surface area (TPSA) is 67.8 Å². The van der Waals surface area contributed by atoms with Crippen molar-refractivity contribution in [2.45, 2.75) is 31.6 Å². The number of thiazole rings is 1. The molecule has 0 unspecified atom stereocenters. The summed E-state index contributed by atoms with van der Waals surface area (Å²) in [4.78, 5) is 21.1. The number of carbonyl (C=O) groups excluding carboxylic acids is 1. The predicted octanol–water partition coefficient (Wildman–Crippen LogP) is 2.44. The third-order valence-corrected chi connectivity index (χ3v) is 4.20. The van der Waals surface area contributed by atoms with Crippen LogP contribution < -0.4 is 5.32 Å². The van der Waals surface area contributed by atoms with E-state index in [1.54, 1.807) is 23.0 Å². The molecule has 0 bridgehead atoms. The highest BCUT2D eigenvalue weighted by molar-refractivity contribution is 7.10. The highest BCUT2D eigenvalue weighted by Gasteiger charge is 2.27. The number of anilines is 1. The Hall–Kier alpha value is -1.34. The van der Waals surface area contributed by atoms with Gasteiger partial charge in [0.15, 0.2) is 0 Å². The number of hydrogen-bond acceptors (Lipinski definition) is 6. The van der Waals surface area contributed by atoms with Crippen LogP contribution in [0.5, 0.6) is 0 Å². The molecule has 0 aromatic carbocycles. The van der Waals surface area contributed by atoms with Gasteiger partial charge in [-0.2, -0.15) is 4.37 Å². The Balaban J connectivity index is 1.50. The predicted molar refractivity (Wildman–Crippen MR) is 70.9 cm³/mol. The van der Waals surface area contributed by atoms with E-state index in [-0.39, 0.29) is 5.91 Å². The van der Waals surface area contributed by atoms with Gasteiger partial charge in [-0.3, -0.25) is 9.78 Å². The molecule has 1 saturated carbocycles. The molecule has 3 rings (SSSR count). The maximum absolute atomic E-state index is 11.7. The van der Waals surface area contributed by atoms with Crippen LogP contribution in [0.25, 0.3) is 0 Å². The van der Waals surface area contributed by atoms with Gasteiger partial charge in [0.1, 0.15) is 5.82 Å². The molecule has 1 aliphatic carbocycles. The summed E-state index contributed by atoms with van der Waals surface area (Å²) in [6.07, 6.45) is 5.34. The fourth-order valence-corrected chi connectivity index (χ4v) is 2.84. The summed E-state index contributed by atoms with van der Waals surface area (Å²) < 4.78 is 4.25. The first kappa shape index (κ1) is 11.7. The van der Waals surface area contributed by atoms with Gasteiger partial charge in [-0.15, -0.1) is 11.3 Å². The number of carbonyl (C=O) groups is 1. The van der Waals surface area contributed by atoms with Crippen molar-refractivity contribution in [3.63, 3.8) is 0 Å². The second-order valence-corrected chi connectivity index (χ2v) is 5.97. The van der Waals surface area contributed by atoms with Crippen LogP contribution in [-0.2, 0) is 11.2 Å². The minimum atomic E-state index is -0.0121. The largest absolute Gasteiger partial charge is 0.301 e. The molecule has 1 aliphatic rings. The van der Waals surface area contributed by atoms with E-state index >= 15 is 0 Å². The van der Waals surface area contributed by atoms with E-state index in [1.165, 1.54) is 24.4 Å². The summed E-state index contributed by atoms with van der Waals surface area (Å²) in [5.41, 5.74) is 1.78. The smallest absolute Gasteiger partial charge is 0.226 e. The number of nitrogens with one attached hydrogen (secondary N) is 1. The van der Waals surface area contributed by atoms with E-state index in [9.17, 15) is 4.79 Å². The standard InChI is InChI=1S/C11H12N4OS2/c16-9(4-3-8-5-12-6-17-8)13-11-14-10(15-18-11)7-1-2-7/h5-7H,1-4H2,(H,13,14,15,16). The second-order valence-electron chi connectivity index (χ2n) is 4.25. The van der Waals surface area contributed by atoms with Crippen LogP contribution in [-0.4, -0.2) is 20.2 Å². The molecule has 94 valence electrons. The fraction of sp³-hybridized carbons (Fsp3) is 0.455. The molecular formula is C11H12N4OS2. The maximum atomic E-state index is 11.7. The van der Waals surface area contributed by atoms with Gasteiger partial charge in [0.2, 0.25) is 11.0 Å². The molecule has 1 N–H and O–H groups in total. The number of aryl methyl sites for hydroxylation is 1. The fourth-order valence-electron chi connectivity index (χ4n) is 1.58. The average Bonchev–Trinajstić information content (AvgIpc) is 2.90. The van der Waals surface area contributed by atoms with E-state index in [2.05, 4.69) is 19.7 Å². The zero-order chi connectivity index (χ0) is 12.4. The third-order valence-electron chi connectivity index (χ3n) is 2.71. The van der Waals surface area contributed by atoms with E-state index in [1.807, 2.05) is 0 Å².